The van der Waals surface area contributed by atoms with Crippen molar-refractivity contribution in [3.63, 3.8) is 0 Å². The van der Waals surface area contributed by atoms with Gasteiger partial charge in [0, 0.05) is 13.0 Å². The monoisotopic (exact) mass is 193 g/mol. The number of carbonyl (C=O) groups is 1. The van der Waals surface area contributed by atoms with Gasteiger partial charge >= 0.3 is 0 Å². The molecule has 1 aliphatic carbocycles. The average Bonchev–Trinajstić information content (AvgIpc) is 2.61. The maximum Gasteiger partial charge on any atom is 0.203 e. The van der Waals surface area contributed by atoms with Crippen LogP contribution in [0.4, 0.5) is 0 Å². The Morgan fingerprint density at radius 1 is 1.50 bits per heavy atom. The first-order chi connectivity index (χ1) is 6.43. The molecule has 1 unspecified atom stereocenters. The standard InChI is InChI=1S/C10H15N3O/c1-6-11-12-9(13(6)4)8(14)7-5-10(7,2)3/h7H,5H2,1-4H3. The lowest BCUT2D eigenvalue weighted by Gasteiger charge is -2.02. The molecule has 14 heavy (non-hydrogen) atoms. The van der Waals surface area contributed by atoms with E-state index in [1.54, 1.807) is 4.57 Å². The van der Waals surface area contributed by atoms with Crippen LogP contribution < -0.4 is 0 Å². The fraction of sp³-hybridized carbons (Fsp3) is 0.700. The van der Waals surface area contributed by atoms with Gasteiger partial charge in [0.05, 0.1) is 0 Å². The molecule has 2 rings (SSSR count). The maximum atomic E-state index is 11.9. The SMILES string of the molecule is Cc1nnc(C(=O)C2CC2(C)C)n1C. The molecule has 1 atom stereocenters. The van der Waals surface area contributed by atoms with Crippen molar-refractivity contribution in [3.05, 3.63) is 11.6 Å². The van der Waals surface area contributed by atoms with Gasteiger partial charge in [-0.05, 0) is 18.8 Å². The minimum absolute atomic E-state index is 0.137. The van der Waals surface area contributed by atoms with Crippen LogP contribution in [0.15, 0.2) is 0 Å². The lowest BCUT2D eigenvalue weighted by molar-refractivity contribution is 0.0939. The van der Waals surface area contributed by atoms with Crippen LogP contribution in [-0.2, 0) is 7.05 Å². The van der Waals surface area contributed by atoms with Crippen LogP contribution in [-0.4, -0.2) is 20.5 Å². The van der Waals surface area contributed by atoms with E-state index in [2.05, 4.69) is 24.0 Å². The lowest BCUT2D eigenvalue weighted by atomic mass is 10.1. The number of aromatic nitrogens is 3. The second kappa shape index (κ2) is 2.65. The van der Waals surface area contributed by atoms with Crippen LogP contribution in [0.3, 0.4) is 0 Å². The minimum Gasteiger partial charge on any atom is -0.312 e. The fourth-order valence-electron chi connectivity index (χ4n) is 1.69. The molecule has 4 heteroatoms. The molecular weight excluding hydrogens is 178 g/mol. The summed E-state index contributed by atoms with van der Waals surface area (Å²) in [6, 6.07) is 0. The van der Waals surface area contributed by atoms with E-state index >= 15 is 0 Å². The Kier molecular flexibility index (Phi) is 1.77. The van der Waals surface area contributed by atoms with Crippen molar-refractivity contribution in [2.24, 2.45) is 18.4 Å². The van der Waals surface area contributed by atoms with Crippen LogP contribution in [0.25, 0.3) is 0 Å². The van der Waals surface area contributed by atoms with E-state index in [0.717, 1.165) is 12.2 Å². The molecule has 1 heterocycles. The first kappa shape index (κ1) is 9.37. The highest BCUT2D eigenvalue weighted by Crippen LogP contribution is 2.52. The third-order valence-corrected chi connectivity index (χ3v) is 3.14. The van der Waals surface area contributed by atoms with E-state index in [1.165, 1.54) is 0 Å². The maximum absolute atomic E-state index is 11.9. The van der Waals surface area contributed by atoms with E-state index in [4.69, 9.17) is 0 Å². The van der Waals surface area contributed by atoms with Crippen molar-refractivity contribution < 1.29 is 4.79 Å². The predicted molar refractivity (Wildman–Crippen MR) is 52.0 cm³/mol. The molecule has 0 aliphatic heterocycles. The van der Waals surface area contributed by atoms with Crippen LogP contribution >= 0.6 is 0 Å². The lowest BCUT2D eigenvalue weighted by Crippen LogP contribution is -2.12. The van der Waals surface area contributed by atoms with E-state index in [9.17, 15) is 4.79 Å². The first-order valence-corrected chi connectivity index (χ1v) is 4.83. The normalized spacial score (nSPS) is 23.6. The van der Waals surface area contributed by atoms with E-state index in [-0.39, 0.29) is 17.1 Å². The molecule has 1 saturated carbocycles. The zero-order chi connectivity index (χ0) is 10.5. The average molecular weight is 193 g/mol. The predicted octanol–water partition coefficient (Wildman–Crippen LogP) is 1.35. The molecule has 1 aromatic heterocycles. The summed E-state index contributed by atoms with van der Waals surface area (Å²) in [7, 11) is 1.83. The molecule has 0 radical (unpaired) electrons. The summed E-state index contributed by atoms with van der Waals surface area (Å²) in [4.78, 5) is 11.9. The molecule has 76 valence electrons. The summed E-state index contributed by atoms with van der Waals surface area (Å²) >= 11 is 0. The van der Waals surface area contributed by atoms with Crippen molar-refractivity contribution in [2.45, 2.75) is 27.2 Å². The largest absolute Gasteiger partial charge is 0.312 e. The van der Waals surface area contributed by atoms with Crippen molar-refractivity contribution in [3.8, 4) is 0 Å². The first-order valence-electron chi connectivity index (χ1n) is 4.83. The van der Waals surface area contributed by atoms with E-state index in [1.807, 2.05) is 14.0 Å². The van der Waals surface area contributed by atoms with Gasteiger partial charge in [0.2, 0.25) is 5.78 Å². The highest BCUT2D eigenvalue weighted by molar-refractivity contribution is 5.97. The summed E-state index contributed by atoms with van der Waals surface area (Å²) in [6.07, 6.45) is 0.970. The Morgan fingerprint density at radius 2 is 2.07 bits per heavy atom. The van der Waals surface area contributed by atoms with Gasteiger partial charge < -0.3 is 4.57 Å². The number of rotatable bonds is 2. The van der Waals surface area contributed by atoms with Crippen LogP contribution in [0.1, 0.15) is 36.7 Å². The summed E-state index contributed by atoms with van der Waals surface area (Å²) in [5, 5.41) is 7.79. The molecule has 4 nitrogen and oxygen atoms in total. The zero-order valence-electron chi connectivity index (χ0n) is 9.03. The van der Waals surface area contributed by atoms with Gasteiger partial charge in [-0.3, -0.25) is 4.79 Å². The molecule has 1 fully saturated rings. The number of ketones is 1. The highest BCUT2D eigenvalue weighted by Gasteiger charge is 2.51. The third-order valence-electron chi connectivity index (χ3n) is 3.14. The van der Waals surface area contributed by atoms with E-state index in [0.29, 0.717) is 5.82 Å². The van der Waals surface area contributed by atoms with Gasteiger partial charge in [0.1, 0.15) is 5.82 Å². The summed E-state index contributed by atoms with van der Waals surface area (Å²) < 4.78 is 1.76. The molecule has 1 aromatic rings. The molecule has 0 amide bonds. The Balaban J connectivity index is 2.25. The number of hydrogen-bond donors (Lipinski definition) is 0. The Labute approximate surface area is 83.3 Å². The smallest absolute Gasteiger partial charge is 0.203 e. The number of aryl methyl sites for hydroxylation is 1. The van der Waals surface area contributed by atoms with Crippen LogP contribution in [0.2, 0.25) is 0 Å². The van der Waals surface area contributed by atoms with Crippen molar-refractivity contribution in [2.75, 3.05) is 0 Å². The van der Waals surface area contributed by atoms with Gasteiger partial charge in [0.25, 0.3) is 0 Å². The quantitative estimate of drug-likeness (QED) is 0.666. The Morgan fingerprint density at radius 3 is 2.43 bits per heavy atom. The topological polar surface area (TPSA) is 47.8 Å². The van der Waals surface area contributed by atoms with Crippen molar-refractivity contribution in [1.29, 1.82) is 0 Å². The van der Waals surface area contributed by atoms with Crippen LogP contribution in [0.5, 0.6) is 0 Å². The fourth-order valence-corrected chi connectivity index (χ4v) is 1.69. The molecule has 0 aromatic carbocycles. The van der Waals surface area contributed by atoms with Gasteiger partial charge in [-0.15, -0.1) is 10.2 Å². The summed E-state index contributed by atoms with van der Waals surface area (Å²) in [6.45, 7) is 6.07. The van der Waals surface area contributed by atoms with Gasteiger partial charge in [0.15, 0.2) is 5.82 Å². The van der Waals surface area contributed by atoms with Crippen LogP contribution in [0, 0.1) is 18.3 Å². The summed E-state index contributed by atoms with van der Waals surface area (Å²) in [5.74, 6) is 1.56. The number of nitrogens with zero attached hydrogens (tertiary/aromatic N) is 3. The van der Waals surface area contributed by atoms with Gasteiger partial charge in [-0.25, -0.2) is 0 Å². The van der Waals surface area contributed by atoms with Crippen molar-refractivity contribution in [1.82, 2.24) is 14.8 Å². The molecule has 0 saturated heterocycles. The van der Waals surface area contributed by atoms with E-state index < -0.39 is 0 Å². The number of Topliss-reactive ketones (excluding diaryl/α,β-unsaturated/α-hetero) is 1. The minimum atomic E-state index is 0.137. The molecule has 0 bridgehead atoms. The van der Waals surface area contributed by atoms with Gasteiger partial charge in [-0.2, -0.15) is 0 Å². The van der Waals surface area contributed by atoms with Crippen molar-refractivity contribution >= 4 is 5.78 Å². The Hall–Kier alpha value is -1.19. The molecule has 0 spiro atoms. The Bertz CT molecular complexity index is 392. The molecule has 0 N–H and O–H groups in total. The molecule has 1 aliphatic rings. The third kappa shape index (κ3) is 1.25. The highest BCUT2D eigenvalue weighted by atomic mass is 16.1. The van der Waals surface area contributed by atoms with Gasteiger partial charge in [-0.1, -0.05) is 13.8 Å². The second-order valence-corrected chi connectivity index (χ2v) is 4.74. The number of carbonyl (C=O) groups excluding carboxylic acids is 1. The molecular formula is C10H15N3O. The zero-order valence-corrected chi connectivity index (χ0v) is 9.03. The number of hydrogen-bond acceptors (Lipinski definition) is 3. The second-order valence-electron chi connectivity index (χ2n) is 4.74. The summed E-state index contributed by atoms with van der Waals surface area (Å²) in [5.41, 5.74) is 0.164.